The zero-order chi connectivity index (χ0) is 11.5. The number of hydrogen-bond donors (Lipinski definition) is 1. The molecule has 0 unspecified atom stereocenters. The highest BCUT2D eigenvalue weighted by molar-refractivity contribution is 6.13. The fraction of sp³-hybridized carbons (Fsp3) is 0.200. The van der Waals surface area contributed by atoms with Crippen molar-refractivity contribution in [1.29, 1.82) is 0 Å². The number of rotatable bonds is 2. The molecule has 1 N–H and O–H groups in total. The van der Waals surface area contributed by atoms with Crippen molar-refractivity contribution >= 4 is 17.8 Å². The SMILES string of the molecule is O=C1CC(=O)N(Cc2ccccn2)C(=O)N1. The quantitative estimate of drug-likeness (QED) is 0.713. The summed E-state index contributed by atoms with van der Waals surface area (Å²) in [7, 11) is 0. The van der Waals surface area contributed by atoms with E-state index in [4.69, 9.17) is 0 Å². The number of hydrogen-bond acceptors (Lipinski definition) is 4. The smallest absolute Gasteiger partial charge is 0.277 e. The highest BCUT2D eigenvalue weighted by Crippen LogP contribution is 2.07. The van der Waals surface area contributed by atoms with Gasteiger partial charge >= 0.3 is 6.03 Å². The Balaban J connectivity index is 2.13. The summed E-state index contributed by atoms with van der Waals surface area (Å²) in [5, 5.41) is 2.08. The number of barbiturate groups is 1. The van der Waals surface area contributed by atoms with Crippen molar-refractivity contribution in [3.05, 3.63) is 30.1 Å². The van der Waals surface area contributed by atoms with Gasteiger partial charge in [-0.2, -0.15) is 0 Å². The first-order valence-electron chi connectivity index (χ1n) is 4.71. The van der Waals surface area contributed by atoms with Gasteiger partial charge < -0.3 is 0 Å². The molecule has 1 aromatic rings. The number of pyridine rings is 1. The number of nitrogens with zero attached hydrogens (tertiary/aromatic N) is 2. The molecule has 1 saturated heterocycles. The van der Waals surface area contributed by atoms with Crippen molar-refractivity contribution < 1.29 is 14.4 Å². The fourth-order valence-electron chi connectivity index (χ4n) is 1.39. The molecule has 4 amide bonds. The number of aromatic nitrogens is 1. The van der Waals surface area contributed by atoms with Gasteiger partial charge in [-0.25, -0.2) is 4.79 Å². The Kier molecular flexibility index (Phi) is 2.63. The maximum absolute atomic E-state index is 11.4. The number of urea groups is 1. The van der Waals surface area contributed by atoms with Crippen LogP contribution in [0.4, 0.5) is 4.79 Å². The van der Waals surface area contributed by atoms with Crippen LogP contribution in [0.1, 0.15) is 12.1 Å². The van der Waals surface area contributed by atoms with Crippen LogP contribution in [-0.4, -0.2) is 27.7 Å². The van der Waals surface area contributed by atoms with Gasteiger partial charge in [-0.15, -0.1) is 0 Å². The number of carbonyl (C=O) groups excluding carboxylic acids is 3. The summed E-state index contributed by atoms with van der Waals surface area (Å²) < 4.78 is 0. The van der Waals surface area contributed by atoms with E-state index in [-0.39, 0.29) is 13.0 Å². The summed E-state index contributed by atoms with van der Waals surface area (Å²) in [6.07, 6.45) is 1.28. The first kappa shape index (κ1) is 10.3. The second-order valence-corrected chi connectivity index (χ2v) is 3.33. The Morgan fingerprint density at radius 2 is 2.12 bits per heavy atom. The van der Waals surface area contributed by atoms with E-state index in [2.05, 4.69) is 10.3 Å². The maximum Gasteiger partial charge on any atom is 0.331 e. The van der Waals surface area contributed by atoms with Gasteiger partial charge in [0.05, 0.1) is 12.2 Å². The molecule has 1 fully saturated rings. The summed E-state index contributed by atoms with van der Waals surface area (Å²) in [5.74, 6) is -1.06. The molecule has 0 atom stereocenters. The monoisotopic (exact) mass is 219 g/mol. The first-order chi connectivity index (χ1) is 7.66. The van der Waals surface area contributed by atoms with Gasteiger partial charge in [0.15, 0.2) is 0 Å². The van der Waals surface area contributed by atoms with Crippen LogP contribution in [0.5, 0.6) is 0 Å². The van der Waals surface area contributed by atoms with Gasteiger partial charge in [0.2, 0.25) is 11.8 Å². The van der Waals surface area contributed by atoms with Crippen molar-refractivity contribution in [2.45, 2.75) is 13.0 Å². The topological polar surface area (TPSA) is 79.4 Å². The predicted octanol–water partition coefficient (Wildman–Crippen LogP) is 0.0501. The molecule has 0 aromatic carbocycles. The van der Waals surface area contributed by atoms with Gasteiger partial charge in [-0.3, -0.25) is 24.8 Å². The van der Waals surface area contributed by atoms with Crippen molar-refractivity contribution in [3.8, 4) is 0 Å². The zero-order valence-electron chi connectivity index (χ0n) is 8.34. The molecule has 1 aliphatic heterocycles. The first-order valence-corrected chi connectivity index (χ1v) is 4.71. The Morgan fingerprint density at radius 3 is 2.75 bits per heavy atom. The van der Waals surface area contributed by atoms with Gasteiger partial charge in [0.25, 0.3) is 0 Å². The van der Waals surface area contributed by atoms with Crippen LogP contribution in [0.25, 0.3) is 0 Å². The Labute approximate surface area is 91.3 Å². The van der Waals surface area contributed by atoms with Crippen molar-refractivity contribution in [2.24, 2.45) is 0 Å². The lowest BCUT2D eigenvalue weighted by molar-refractivity contribution is -0.136. The van der Waals surface area contributed by atoms with E-state index in [1.807, 2.05) is 0 Å². The largest absolute Gasteiger partial charge is 0.331 e. The third kappa shape index (κ3) is 2.05. The summed E-state index contributed by atoms with van der Waals surface area (Å²) in [6, 6.07) is 4.52. The van der Waals surface area contributed by atoms with Crippen LogP contribution < -0.4 is 5.32 Å². The van der Waals surface area contributed by atoms with E-state index in [0.717, 1.165) is 4.90 Å². The molecule has 0 saturated carbocycles. The number of nitrogens with one attached hydrogen (secondary N) is 1. The molecule has 1 aromatic heterocycles. The third-order valence-corrected chi connectivity index (χ3v) is 2.15. The van der Waals surface area contributed by atoms with E-state index >= 15 is 0 Å². The van der Waals surface area contributed by atoms with E-state index in [1.54, 1.807) is 24.4 Å². The third-order valence-electron chi connectivity index (χ3n) is 2.15. The molecule has 82 valence electrons. The Bertz CT molecular complexity index is 424. The minimum Gasteiger partial charge on any atom is -0.277 e. The molecule has 16 heavy (non-hydrogen) atoms. The average Bonchev–Trinajstić information content (AvgIpc) is 2.25. The molecular weight excluding hydrogens is 210 g/mol. The zero-order valence-corrected chi connectivity index (χ0v) is 8.34. The molecule has 0 aliphatic carbocycles. The van der Waals surface area contributed by atoms with Crippen LogP contribution in [-0.2, 0) is 16.1 Å². The number of imide groups is 2. The van der Waals surface area contributed by atoms with Gasteiger partial charge in [0.1, 0.15) is 6.42 Å². The van der Waals surface area contributed by atoms with E-state index < -0.39 is 17.8 Å². The van der Waals surface area contributed by atoms with E-state index in [1.165, 1.54) is 0 Å². The minimum atomic E-state index is -0.688. The molecule has 0 spiro atoms. The highest BCUT2D eigenvalue weighted by Gasteiger charge is 2.30. The molecule has 0 radical (unpaired) electrons. The molecule has 1 aliphatic rings. The molecule has 0 bridgehead atoms. The van der Waals surface area contributed by atoms with Crippen LogP contribution in [0.2, 0.25) is 0 Å². The normalized spacial score (nSPS) is 16.2. The van der Waals surface area contributed by atoms with E-state index in [0.29, 0.717) is 5.69 Å². The molecule has 2 rings (SSSR count). The highest BCUT2D eigenvalue weighted by atomic mass is 16.2. The lowest BCUT2D eigenvalue weighted by atomic mass is 10.2. The van der Waals surface area contributed by atoms with Crippen molar-refractivity contribution in [2.75, 3.05) is 0 Å². The molecule has 6 heteroatoms. The Hall–Kier alpha value is -2.24. The summed E-state index contributed by atoms with van der Waals surface area (Å²) in [4.78, 5) is 38.7. The van der Waals surface area contributed by atoms with Crippen LogP contribution in [0.3, 0.4) is 0 Å². The maximum atomic E-state index is 11.4. The predicted molar refractivity (Wildman–Crippen MR) is 52.9 cm³/mol. The van der Waals surface area contributed by atoms with Crippen LogP contribution in [0, 0.1) is 0 Å². The van der Waals surface area contributed by atoms with Gasteiger partial charge in [0, 0.05) is 6.20 Å². The van der Waals surface area contributed by atoms with Crippen LogP contribution in [0.15, 0.2) is 24.4 Å². The number of carbonyl (C=O) groups is 3. The van der Waals surface area contributed by atoms with Gasteiger partial charge in [-0.05, 0) is 12.1 Å². The number of amides is 4. The van der Waals surface area contributed by atoms with Gasteiger partial charge in [-0.1, -0.05) is 6.07 Å². The average molecular weight is 219 g/mol. The summed E-state index contributed by atoms with van der Waals surface area (Å²) in [5.41, 5.74) is 0.598. The standard InChI is InChI=1S/C10H9N3O3/c14-8-5-9(15)13(10(16)12-8)6-7-3-1-2-4-11-7/h1-4H,5-6H2,(H,12,14,16). The van der Waals surface area contributed by atoms with Crippen molar-refractivity contribution in [3.63, 3.8) is 0 Å². The molecule has 2 heterocycles. The van der Waals surface area contributed by atoms with E-state index in [9.17, 15) is 14.4 Å². The second-order valence-electron chi connectivity index (χ2n) is 3.33. The summed E-state index contributed by atoms with van der Waals surface area (Å²) >= 11 is 0. The van der Waals surface area contributed by atoms with Crippen LogP contribution >= 0.6 is 0 Å². The molecular formula is C10H9N3O3. The minimum absolute atomic E-state index is 0.0821. The lowest BCUT2D eigenvalue weighted by Crippen LogP contribution is -2.52. The summed E-state index contributed by atoms with van der Waals surface area (Å²) in [6.45, 7) is 0.0821. The lowest BCUT2D eigenvalue weighted by Gasteiger charge is -2.24. The Morgan fingerprint density at radius 1 is 1.31 bits per heavy atom. The molecule has 6 nitrogen and oxygen atoms in total. The van der Waals surface area contributed by atoms with Crippen molar-refractivity contribution in [1.82, 2.24) is 15.2 Å². The second kappa shape index (κ2) is 4.09. The fourth-order valence-corrected chi connectivity index (χ4v) is 1.39.